The van der Waals surface area contributed by atoms with Gasteiger partial charge in [-0.3, -0.25) is 4.21 Å². The minimum Gasteiger partial charge on any atom is -0.480 e. The summed E-state index contributed by atoms with van der Waals surface area (Å²) in [6, 6.07) is -1.32. The van der Waals surface area contributed by atoms with Gasteiger partial charge in [-0.05, 0) is 31.3 Å². The summed E-state index contributed by atoms with van der Waals surface area (Å²) in [6.45, 7) is 0. The van der Waals surface area contributed by atoms with E-state index >= 15 is 0 Å². The van der Waals surface area contributed by atoms with Crippen LogP contribution >= 0.6 is 11.8 Å². The third-order valence-corrected chi connectivity index (χ3v) is 4.96. The summed E-state index contributed by atoms with van der Waals surface area (Å²) in [7, 11) is -0.767. The molecule has 0 aromatic carbocycles. The van der Waals surface area contributed by atoms with E-state index in [0.29, 0.717) is 36.5 Å². The summed E-state index contributed by atoms with van der Waals surface area (Å²) in [4.78, 5) is 22.7. The third-order valence-electron chi connectivity index (χ3n) is 2.94. The van der Waals surface area contributed by atoms with E-state index in [-0.39, 0.29) is 6.04 Å². The lowest BCUT2D eigenvalue weighted by Crippen LogP contribution is -2.50. The molecule has 2 amide bonds. The van der Waals surface area contributed by atoms with Crippen LogP contribution in [0.4, 0.5) is 4.79 Å². The van der Waals surface area contributed by atoms with Crippen LogP contribution in [0.25, 0.3) is 0 Å². The normalized spacial score (nSPS) is 24.5. The van der Waals surface area contributed by atoms with Crippen molar-refractivity contribution in [1.29, 1.82) is 0 Å². The van der Waals surface area contributed by atoms with Crippen LogP contribution in [0, 0.1) is 0 Å². The fraction of sp³-hybridized carbons (Fsp3) is 0.818. The first-order chi connectivity index (χ1) is 9.02. The summed E-state index contributed by atoms with van der Waals surface area (Å²) in [5, 5.41) is 14.2. The summed E-state index contributed by atoms with van der Waals surface area (Å²) in [5.41, 5.74) is 0. The van der Waals surface area contributed by atoms with Crippen molar-refractivity contribution in [3.8, 4) is 0 Å². The number of nitrogens with one attached hydrogen (secondary N) is 2. The van der Waals surface area contributed by atoms with Gasteiger partial charge in [-0.15, -0.1) is 0 Å². The van der Waals surface area contributed by atoms with E-state index in [1.54, 1.807) is 11.8 Å². The molecule has 0 bridgehead atoms. The van der Waals surface area contributed by atoms with E-state index in [4.69, 9.17) is 5.11 Å². The molecule has 1 atom stereocenters. The number of amides is 2. The minimum atomic E-state index is -1.02. The summed E-state index contributed by atoms with van der Waals surface area (Å²) < 4.78 is 11.2. The van der Waals surface area contributed by atoms with Gasteiger partial charge in [0, 0.05) is 28.3 Å². The van der Waals surface area contributed by atoms with Gasteiger partial charge < -0.3 is 15.7 Å². The maximum atomic E-state index is 11.7. The van der Waals surface area contributed by atoms with Gasteiger partial charge in [-0.1, -0.05) is 0 Å². The van der Waals surface area contributed by atoms with Gasteiger partial charge in [-0.2, -0.15) is 11.8 Å². The van der Waals surface area contributed by atoms with Crippen LogP contribution < -0.4 is 10.6 Å². The smallest absolute Gasteiger partial charge is 0.326 e. The second-order valence-corrected chi connectivity index (χ2v) is 7.09. The van der Waals surface area contributed by atoms with Crippen molar-refractivity contribution >= 4 is 34.6 Å². The Labute approximate surface area is 119 Å². The molecule has 0 aliphatic carbocycles. The zero-order valence-corrected chi connectivity index (χ0v) is 12.5. The number of urea groups is 1. The number of rotatable bonds is 6. The first kappa shape index (κ1) is 16.3. The Balaban J connectivity index is 2.35. The van der Waals surface area contributed by atoms with Crippen LogP contribution in [0.15, 0.2) is 0 Å². The second-order valence-electron chi connectivity index (χ2n) is 4.41. The number of carbonyl (C=O) groups excluding carboxylic acids is 1. The van der Waals surface area contributed by atoms with Crippen LogP contribution in [-0.2, 0) is 15.6 Å². The number of carbonyl (C=O) groups is 2. The summed E-state index contributed by atoms with van der Waals surface area (Å²) in [6.07, 6.45) is 3.66. The molecule has 1 heterocycles. The average molecular weight is 308 g/mol. The van der Waals surface area contributed by atoms with Gasteiger partial charge in [0.15, 0.2) is 0 Å². The van der Waals surface area contributed by atoms with E-state index in [0.717, 1.165) is 0 Å². The molecule has 1 unspecified atom stereocenters. The molecule has 1 fully saturated rings. The number of carboxylic acid groups (broad SMARTS) is 1. The predicted molar refractivity (Wildman–Crippen MR) is 77.0 cm³/mol. The van der Waals surface area contributed by atoms with Crippen LogP contribution in [-0.4, -0.2) is 56.9 Å². The minimum absolute atomic E-state index is 0.00676. The molecule has 8 heteroatoms. The maximum Gasteiger partial charge on any atom is 0.326 e. The van der Waals surface area contributed by atoms with Gasteiger partial charge in [0.25, 0.3) is 0 Å². The van der Waals surface area contributed by atoms with Crippen molar-refractivity contribution in [2.75, 3.05) is 23.5 Å². The largest absolute Gasteiger partial charge is 0.480 e. The van der Waals surface area contributed by atoms with E-state index in [9.17, 15) is 13.8 Å². The number of carboxylic acids is 1. The number of thioether (sulfide) groups is 1. The Morgan fingerprint density at radius 1 is 1.42 bits per heavy atom. The van der Waals surface area contributed by atoms with Gasteiger partial charge >= 0.3 is 12.0 Å². The predicted octanol–water partition coefficient (Wildman–Crippen LogP) is 0.403. The molecular formula is C11H20N2O4S2. The number of hydrogen-bond donors (Lipinski definition) is 3. The SMILES string of the molecule is CSCCC(NC(=O)NC1CCS(=O)CC1)C(=O)O. The van der Waals surface area contributed by atoms with Crippen molar-refractivity contribution in [3.63, 3.8) is 0 Å². The lowest BCUT2D eigenvalue weighted by molar-refractivity contribution is -0.139. The maximum absolute atomic E-state index is 11.7. The number of aliphatic carboxylic acids is 1. The van der Waals surface area contributed by atoms with Crippen molar-refractivity contribution in [2.45, 2.75) is 31.3 Å². The molecule has 110 valence electrons. The van der Waals surface area contributed by atoms with Gasteiger partial charge in [0.1, 0.15) is 6.04 Å². The molecule has 0 spiro atoms. The fourth-order valence-electron chi connectivity index (χ4n) is 1.82. The molecule has 0 aromatic heterocycles. The standard InChI is InChI=1S/C11H20N2O4S2/c1-18-5-2-9(10(14)15)13-11(16)12-8-3-6-19(17)7-4-8/h8-9H,2-7H2,1H3,(H,14,15)(H2,12,13,16). The monoisotopic (exact) mass is 308 g/mol. The average Bonchev–Trinajstić information content (AvgIpc) is 2.37. The molecule has 0 saturated carbocycles. The Morgan fingerprint density at radius 2 is 2.05 bits per heavy atom. The molecule has 1 aliphatic heterocycles. The number of hydrogen-bond acceptors (Lipinski definition) is 4. The van der Waals surface area contributed by atoms with Crippen molar-refractivity contribution in [2.24, 2.45) is 0 Å². The van der Waals surface area contributed by atoms with Crippen molar-refractivity contribution in [3.05, 3.63) is 0 Å². The summed E-state index contributed by atoms with van der Waals surface area (Å²) in [5.74, 6) is 0.855. The Bertz CT molecular complexity index is 342. The molecule has 1 rings (SSSR count). The van der Waals surface area contributed by atoms with Gasteiger partial charge in [0.05, 0.1) is 0 Å². The highest BCUT2D eigenvalue weighted by Gasteiger charge is 2.23. The highest BCUT2D eigenvalue weighted by Crippen LogP contribution is 2.09. The first-order valence-electron chi connectivity index (χ1n) is 6.16. The molecule has 6 nitrogen and oxygen atoms in total. The highest BCUT2D eigenvalue weighted by molar-refractivity contribution is 7.98. The lowest BCUT2D eigenvalue weighted by atomic mass is 10.1. The summed E-state index contributed by atoms with van der Waals surface area (Å²) >= 11 is 1.54. The molecular weight excluding hydrogens is 288 g/mol. The third kappa shape index (κ3) is 6.29. The first-order valence-corrected chi connectivity index (χ1v) is 9.05. The molecule has 0 aromatic rings. The van der Waals surface area contributed by atoms with Crippen molar-refractivity contribution < 1.29 is 18.9 Å². The second kappa shape index (κ2) is 8.42. The Kier molecular flexibility index (Phi) is 7.22. The fourth-order valence-corrected chi connectivity index (χ4v) is 3.59. The Morgan fingerprint density at radius 3 is 2.58 bits per heavy atom. The zero-order valence-electron chi connectivity index (χ0n) is 10.9. The quantitative estimate of drug-likeness (QED) is 0.660. The Hall–Kier alpha value is -0.760. The van der Waals surface area contributed by atoms with Gasteiger partial charge in [0.2, 0.25) is 0 Å². The van der Waals surface area contributed by atoms with E-state index in [1.807, 2.05) is 6.26 Å². The highest BCUT2D eigenvalue weighted by atomic mass is 32.2. The molecule has 0 radical (unpaired) electrons. The van der Waals surface area contributed by atoms with Crippen LogP contribution in [0.3, 0.4) is 0 Å². The van der Waals surface area contributed by atoms with Crippen molar-refractivity contribution in [1.82, 2.24) is 10.6 Å². The molecule has 3 N–H and O–H groups in total. The van der Waals surface area contributed by atoms with Crippen LogP contribution in [0.1, 0.15) is 19.3 Å². The molecule has 1 aliphatic rings. The zero-order chi connectivity index (χ0) is 14.3. The van der Waals surface area contributed by atoms with E-state index < -0.39 is 28.8 Å². The van der Waals surface area contributed by atoms with Crippen LogP contribution in [0.2, 0.25) is 0 Å². The van der Waals surface area contributed by atoms with Gasteiger partial charge in [-0.25, -0.2) is 9.59 Å². The topological polar surface area (TPSA) is 95.5 Å². The molecule has 1 saturated heterocycles. The lowest BCUT2D eigenvalue weighted by Gasteiger charge is -2.23. The molecule has 19 heavy (non-hydrogen) atoms. The van der Waals surface area contributed by atoms with E-state index in [1.165, 1.54) is 0 Å². The van der Waals surface area contributed by atoms with Crippen LogP contribution in [0.5, 0.6) is 0 Å². The van der Waals surface area contributed by atoms with E-state index in [2.05, 4.69) is 10.6 Å².